The summed E-state index contributed by atoms with van der Waals surface area (Å²) in [6.45, 7) is 8.84. The monoisotopic (exact) mass is 245 g/mol. The van der Waals surface area contributed by atoms with Crippen molar-refractivity contribution in [2.24, 2.45) is 11.1 Å². The molecule has 0 aliphatic carbocycles. The Hall–Kier alpha value is -0.880. The minimum Gasteiger partial charge on any atom is -0.333 e. The van der Waals surface area contributed by atoms with Gasteiger partial charge in [0.25, 0.3) is 10.0 Å². The fourth-order valence-electron chi connectivity index (χ4n) is 1.54. The molecule has 0 atom stereocenters. The summed E-state index contributed by atoms with van der Waals surface area (Å²) in [4.78, 5) is 4.08. The molecule has 1 heterocycles. The van der Waals surface area contributed by atoms with Crippen LogP contribution in [0.15, 0.2) is 11.2 Å². The molecule has 0 saturated heterocycles. The Kier molecular flexibility index (Phi) is 3.75. The molecule has 0 bridgehead atoms. The molecule has 92 valence electrons. The average molecular weight is 245 g/mol. The van der Waals surface area contributed by atoms with E-state index in [1.165, 1.54) is 6.20 Å². The Morgan fingerprint density at radius 2 is 1.94 bits per heavy atom. The maximum absolute atomic E-state index is 11.2. The zero-order valence-electron chi connectivity index (χ0n) is 10.1. The molecule has 6 heteroatoms. The van der Waals surface area contributed by atoms with Crippen molar-refractivity contribution < 1.29 is 8.42 Å². The molecule has 0 radical (unpaired) electrons. The van der Waals surface area contributed by atoms with E-state index in [0.29, 0.717) is 5.92 Å². The maximum atomic E-state index is 11.2. The minimum atomic E-state index is -3.71. The molecule has 0 spiro atoms. The maximum Gasteiger partial charge on any atom is 0.257 e. The Morgan fingerprint density at radius 1 is 1.38 bits per heavy atom. The predicted octanol–water partition coefficient (Wildman–Crippen LogP) is 1.31. The van der Waals surface area contributed by atoms with E-state index in [-0.39, 0.29) is 10.9 Å². The lowest BCUT2D eigenvalue weighted by atomic mass is 10.2. The number of nitrogens with two attached hydrogens (primary N) is 1. The number of sulfonamides is 1. The van der Waals surface area contributed by atoms with E-state index in [4.69, 9.17) is 5.14 Å². The fourth-order valence-corrected chi connectivity index (χ4v) is 2.04. The zero-order chi connectivity index (χ0) is 12.5. The summed E-state index contributed by atoms with van der Waals surface area (Å²) in [5.74, 6) is 1.37. The van der Waals surface area contributed by atoms with Crippen LogP contribution < -0.4 is 5.14 Å². The second-order valence-corrected chi connectivity index (χ2v) is 6.19. The van der Waals surface area contributed by atoms with E-state index in [2.05, 4.69) is 18.8 Å². The first-order chi connectivity index (χ1) is 7.21. The molecule has 1 rings (SSSR count). The van der Waals surface area contributed by atoms with Gasteiger partial charge in [0.15, 0.2) is 5.03 Å². The topological polar surface area (TPSA) is 78.0 Å². The number of hydrogen-bond donors (Lipinski definition) is 1. The van der Waals surface area contributed by atoms with Gasteiger partial charge in [0, 0.05) is 18.7 Å². The lowest BCUT2D eigenvalue weighted by Crippen LogP contribution is -2.12. The van der Waals surface area contributed by atoms with Crippen molar-refractivity contribution in [1.29, 1.82) is 0 Å². The Balaban J connectivity index is 3.20. The quantitative estimate of drug-likeness (QED) is 0.868. The molecule has 0 aliphatic rings. The van der Waals surface area contributed by atoms with Gasteiger partial charge < -0.3 is 4.57 Å². The van der Waals surface area contributed by atoms with Gasteiger partial charge >= 0.3 is 0 Å². The third-order valence-corrected chi connectivity index (χ3v) is 2.93. The number of imidazole rings is 1. The van der Waals surface area contributed by atoms with Crippen LogP contribution in [0.4, 0.5) is 0 Å². The number of nitrogens with zero attached hydrogens (tertiary/aromatic N) is 2. The number of primary sulfonamides is 1. The molecule has 5 nitrogen and oxygen atoms in total. The normalized spacial score (nSPS) is 12.7. The SMILES string of the molecule is CC(C)Cn1cc(S(N)(=O)=O)nc1C(C)C. The van der Waals surface area contributed by atoms with E-state index < -0.39 is 10.0 Å². The van der Waals surface area contributed by atoms with Gasteiger partial charge in [-0.2, -0.15) is 0 Å². The van der Waals surface area contributed by atoms with Crippen LogP contribution in [0, 0.1) is 5.92 Å². The Labute approximate surface area is 96.7 Å². The van der Waals surface area contributed by atoms with Crippen molar-refractivity contribution in [3.8, 4) is 0 Å². The fraction of sp³-hybridized carbons (Fsp3) is 0.700. The van der Waals surface area contributed by atoms with Crippen LogP contribution in [0.1, 0.15) is 39.4 Å². The predicted molar refractivity (Wildman–Crippen MR) is 62.5 cm³/mol. The zero-order valence-corrected chi connectivity index (χ0v) is 11.0. The van der Waals surface area contributed by atoms with Crippen molar-refractivity contribution in [2.45, 2.75) is 45.2 Å². The van der Waals surface area contributed by atoms with Crippen LogP contribution in [0.2, 0.25) is 0 Å². The molecule has 0 aromatic carbocycles. The molecule has 1 aromatic heterocycles. The van der Waals surface area contributed by atoms with Crippen LogP contribution in [-0.4, -0.2) is 18.0 Å². The van der Waals surface area contributed by atoms with Gasteiger partial charge in [-0.05, 0) is 5.92 Å². The number of rotatable bonds is 4. The second kappa shape index (κ2) is 4.55. The van der Waals surface area contributed by atoms with Crippen LogP contribution in [0.5, 0.6) is 0 Å². The standard InChI is InChI=1S/C10H19N3O2S/c1-7(2)5-13-6-9(16(11,14)15)12-10(13)8(3)4/h6-8H,5H2,1-4H3,(H2,11,14,15). The molecule has 2 N–H and O–H groups in total. The highest BCUT2D eigenvalue weighted by molar-refractivity contribution is 7.89. The highest BCUT2D eigenvalue weighted by atomic mass is 32.2. The summed E-state index contributed by atoms with van der Waals surface area (Å²) >= 11 is 0. The molecular formula is C10H19N3O2S. The van der Waals surface area contributed by atoms with Crippen molar-refractivity contribution in [3.05, 3.63) is 12.0 Å². The van der Waals surface area contributed by atoms with Crippen LogP contribution in [-0.2, 0) is 16.6 Å². The van der Waals surface area contributed by atoms with Gasteiger partial charge in [-0.3, -0.25) is 0 Å². The summed E-state index contributed by atoms with van der Waals surface area (Å²) in [6, 6.07) is 0. The van der Waals surface area contributed by atoms with Crippen LogP contribution in [0.3, 0.4) is 0 Å². The van der Waals surface area contributed by atoms with Gasteiger partial charge in [0.1, 0.15) is 5.82 Å². The van der Waals surface area contributed by atoms with Gasteiger partial charge in [0.05, 0.1) is 0 Å². The molecule has 1 aromatic rings. The molecule has 0 unspecified atom stereocenters. The molecular weight excluding hydrogens is 226 g/mol. The van der Waals surface area contributed by atoms with Crippen LogP contribution in [0.25, 0.3) is 0 Å². The lowest BCUT2D eigenvalue weighted by Gasteiger charge is -2.11. The smallest absolute Gasteiger partial charge is 0.257 e. The minimum absolute atomic E-state index is 0.0446. The van der Waals surface area contributed by atoms with Gasteiger partial charge in [-0.25, -0.2) is 18.5 Å². The van der Waals surface area contributed by atoms with Gasteiger partial charge in [-0.1, -0.05) is 27.7 Å². The molecule has 16 heavy (non-hydrogen) atoms. The molecule has 0 fully saturated rings. The summed E-state index contributed by atoms with van der Waals surface area (Å²) < 4.78 is 24.3. The van der Waals surface area contributed by atoms with E-state index in [1.54, 1.807) is 0 Å². The first-order valence-electron chi connectivity index (χ1n) is 5.31. The highest BCUT2D eigenvalue weighted by Gasteiger charge is 2.18. The van der Waals surface area contributed by atoms with Crippen molar-refractivity contribution in [1.82, 2.24) is 9.55 Å². The summed E-state index contributed by atoms with van der Waals surface area (Å²) in [5, 5.41) is 5.02. The molecule has 0 amide bonds. The van der Waals surface area contributed by atoms with Crippen molar-refractivity contribution in [2.75, 3.05) is 0 Å². The average Bonchev–Trinajstić information content (AvgIpc) is 2.45. The summed E-state index contributed by atoms with van der Waals surface area (Å²) in [6.07, 6.45) is 1.52. The number of hydrogen-bond acceptors (Lipinski definition) is 3. The van der Waals surface area contributed by atoms with E-state index in [9.17, 15) is 8.42 Å². The Morgan fingerprint density at radius 3 is 2.31 bits per heavy atom. The van der Waals surface area contributed by atoms with Crippen molar-refractivity contribution in [3.63, 3.8) is 0 Å². The highest BCUT2D eigenvalue weighted by Crippen LogP contribution is 2.17. The molecule has 0 aliphatic heterocycles. The van der Waals surface area contributed by atoms with E-state index in [0.717, 1.165) is 12.4 Å². The van der Waals surface area contributed by atoms with Crippen LogP contribution >= 0.6 is 0 Å². The lowest BCUT2D eigenvalue weighted by molar-refractivity contribution is 0.498. The third-order valence-electron chi connectivity index (χ3n) is 2.16. The first kappa shape index (κ1) is 13.2. The van der Waals surface area contributed by atoms with Gasteiger partial charge in [0.2, 0.25) is 0 Å². The summed E-state index contributed by atoms with van der Waals surface area (Å²) in [7, 11) is -3.71. The van der Waals surface area contributed by atoms with Crippen molar-refractivity contribution >= 4 is 10.0 Å². The largest absolute Gasteiger partial charge is 0.333 e. The summed E-state index contributed by atoms with van der Waals surface area (Å²) in [5.41, 5.74) is 0. The molecule has 0 saturated carbocycles. The second-order valence-electron chi connectivity index (χ2n) is 4.68. The van der Waals surface area contributed by atoms with Gasteiger partial charge in [-0.15, -0.1) is 0 Å². The third kappa shape index (κ3) is 3.05. The van der Waals surface area contributed by atoms with E-state index in [1.807, 2.05) is 18.4 Å². The first-order valence-corrected chi connectivity index (χ1v) is 6.86. The number of aromatic nitrogens is 2. The Bertz CT molecular complexity index is 460. The van der Waals surface area contributed by atoms with E-state index >= 15 is 0 Å².